The summed E-state index contributed by atoms with van der Waals surface area (Å²) in [5.41, 5.74) is 0. The van der Waals surface area contributed by atoms with Crippen molar-refractivity contribution in [1.29, 1.82) is 0 Å². The van der Waals surface area contributed by atoms with Crippen LogP contribution >= 0.6 is 43.2 Å². The van der Waals surface area contributed by atoms with E-state index in [1.807, 2.05) is 11.3 Å². The maximum atomic E-state index is 3.48. The lowest BCUT2D eigenvalue weighted by Gasteiger charge is -2.18. The van der Waals surface area contributed by atoms with Crippen molar-refractivity contribution in [3.05, 3.63) is 21.9 Å². The van der Waals surface area contributed by atoms with Gasteiger partial charge in [-0.25, -0.2) is 0 Å². The maximum absolute atomic E-state index is 3.48. The standard InChI is InChI=1S/C10H15Br2NS/c1-9-2-3-10(14-9)8-13(6-4-11)7-5-12/h2-3H,4-8H2,1H3. The van der Waals surface area contributed by atoms with Crippen molar-refractivity contribution in [3.63, 3.8) is 0 Å². The Hall–Kier alpha value is 0.620. The first kappa shape index (κ1) is 12.7. The first-order valence-electron chi connectivity index (χ1n) is 4.66. The third-order valence-corrected chi connectivity index (χ3v) is 3.67. The fourth-order valence-corrected chi connectivity index (χ4v) is 3.24. The van der Waals surface area contributed by atoms with E-state index < -0.39 is 0 Å². The van der Waals surface area contributed by atoms with Gasteiger partial charge >= 0.3 is 0 Å². The second kappa shape index (κ2) is 6.99. The molecule has 1 rings (SSSR count). The van der Waals surface area contributed by atoms with Crippen LogP contribution in [0.2, 0.25) is 0 Å². The second-order valence-corrected chi connectivity index (χ2v) is 6.12. The molecule has 0 saturated heterocycles. The minimum absolute atomic E-state index is 1.05. The molecule has 0 bridgehead atoms. The normalized spacial score (nSPS) is 11.1. The summed E-state index contributed by atoms with van der Waals surface area (Å²) in [7, 11) is 0. The Kier molecular flexibility index (Phi) is 6.33. The van der Waals surface area contributed by atoms with Gasteiger partial charge in [-0.1, -0.05) is 31.9 Å². The molecule has 0 atom stereocenters. The van der Waals surface area contributed by atoms with E-state index in [4.69, 9.17) is 0 Å². The van der Waals surface area contributed by atoms with Crippen LogP contribution in [-0.2, 0) is 6.54 Å². The first-order chi connectivity index (χ1) is 6.76. The summed E-state index contributed by atoms with van der Waals surface area (Å²) in [5.74, 6) is 0. The number of halogens is 2. The van der Waals surface area contributed by atoms with Crippen LogP contribution in [0.4, 0.5) is 0 Å². The quantitative estimate of drug-likeness (QED) is 0.714. The fourth-order valence-electron chi connectivity index (χ4n) is 1.30. The zero-order valence-electron chi connectivity index (χ0n) is 8.30. The summed E-state index contributed by atoms with van der Waals surface area (Å²) in [6.45, 7) is 5.47. The van der Waals surface area contributed by atoms with Crippen molar-refractivity contribution in [2.24, 2.45) is 0 Å². The van der Waals surface area contributed by atoms with Crippen LogP contribution in [0.3, 0.4) is 0 Å². The Morgan fingerprint density at radius 2 is 1.86 bits per heavy atom. The summed E-state index contributed by atoms with van der Waals surface area (Å²) in [4.78, 5) is 5.32. The number of hydrogen-bond acceptors (Lipinski definition) is 2. The number of thiophene rings is 1. The fraction of sp³-hybridized carbons (Fsp3) is 0.600. The molecule has 0 spiro atoms. The summed E-state index contributed by atoms with van der Waals surface area (Å²) in [5, 5.41) is 2.09. The molecule has 0 aliphatic carbocycles. The molecule has 1 aromatic rings. The number of aryl methyl sites for hydroxylation is 1. The molecule has 4 heteroatoms. The average Bonchev–Trinajstić information content (AvgIpc) is 2.52. The molecule has 1 aromatic heterocycles. The lowest BCUT2D eigenvalue weighted by atomic mass is 10.4. The van der Waals surface area contributed by atoms with Crippen molar-refractivity contribution in [3.8, 4) is 0 Å². The molecular weight excluding hydrogens is 326 g/mol. The summed E-state index contributed by atoms with van der Waals surface area (Å²) >= 11 is 8.87. The van der Waals surface area contributed by atoms with E-state index >= 15 is 0 Å². The number of nitrogens with zero attached hydrogens (tertiary/aromatic N) is 1. The van der Waals surface area contributed by atoms with Crippen LogP contribution < -0.4 is 0 Å². The van der Waals surface area contributed by atoms with Crippen LogP contribution in [0.1, 0.15) is 9.75 Å². The monoisotopic (exact) mass is 339 g/mol. The van der Waals surface area contributed by atoms with E-state index in [0.717, 1.165) is 30.3 Å². The average molecular weight is 341 g/mol. The number of rotatable bonds is 6. The molecule has 0 N–H and O–H groups in total. The summed E-state index contributed by atoms with van der Waals surface area (Å²) < 4.78 is 0. The minimum atomic E-state index is 1.05. The molecular formula is C10H15Br2NS. The highest BCUT2D eigenvalue weighted by Crippen LogP contribution is 2.17. The van der Waals surface area contributed by atoms with Crippen molar-refractivity contribution >= 4 is 43.2 Å². The summed E-state index contributed by atoms with van der Waals surface area (Å²) in [6.07, 6.45) is 0. The van der Waals surface area contributed by atoms with E-state index in [9.17, 15) is 0 Å². The van der Waals surface area contributed by atoms with Gasteiger partial charge in [0.15, 0.2) is 0 Å². The molecule has 80 valence electrons. The summed E-state index contributed by atoms with van der Waals surface area (Å²) in [6, 6.07) is 4.43. The van der Waals surface area contributed by atoms with Gasteiger partial charge in [-0.15, -0.1) is 11.3 Å². The van der Waals surface area contributed by atoms with Gasteiger partial charge in [0.05, 0.1) is 0 Å². The molecule has 0 saturated carbocycles. The Labute approximate surface area is 107 Å². The van der Waals surface area contributed by atoms with Crippen LogP contribution in [0.15, 0.2) is 12.1 Å². The SMILES string of the molecule is Cc1ccc(CN(CCBr)CCBr)s1. The molecule has 1 nitrogen and oxygen atoms in total. The second-order valence-electron chi connectivity index (χ2n) is 3.17. The molecule has 0 amide bonds. The molecule has 0 aromatic carbocycles. The van der Waals surface area contributed by atoms with Gasteiger partial charge in [0.1, 0.15) is 0 Å². The first-order valence-corrected chi connectivity index (χ1v) is 7.72. The van der Waals surface area contributed by atoms with Crippen LogP contribution in [0.25, 0.3) is 0 Å². The van der Waals surface area contributed by atoms with Crippen molar-refractivity contribution in [1.82, 2.24) is 4.90 Å². The van der Waals surface area contributed by atoms with E-state index in [1.54, 1.807) is 0 Å². The maximum Gasteiger partial charge on any atom is 0.0328 e. The largest absolute Gasteiger partial charge is 0.297 e. The molecule has 1 heterocycles. The molecule has 0 radical (unpaired) electrons. The van der Waals surface area contributed by atoms with Crippen molar-refractivity contribution in [2.75, 3.05) is 23.7 Å². The molecule has 0 fully saturated rings. The lowest BCUT2D eigenvalue weighted by molar-refractivity contribution is 0.305. The Morgan fingerprint density at radius 1 is 1.21 bits per heavy atom. The van der Waals surface area contributed by atoms with Gasteiger partial charge in [-0.2, -0.15) is 0 Å². The van der Waals surface area contributed by atoms with E-state index in [1.165, 1.54) is 9.75 Å². The highest BCUT2D eigenvalue weighted by molar-refractivity contribution is 9.09. The van der Waals surface area contributed by atoms with Crippen LogP contribution in [-0.4, -0.2) is 28.6 Å². The van der Waals surface area contributed by atoms with Gasteiger partial charge in [0.25, 0.3) is 0 Å². The highest BCUT2D eigenvalue weighted by atomic mass is 79.9. The molecule has 14 heavy (non-hydrogen) atoms. The Morgan fingerprint density at radius 3 is 2.29 bits per heavy atom. The van der Waals surface area contributed by atoms with Crippen LogP contribution in [0.5, 0.6) is 0 Å². The van der Waals surface area contributed by atoms with E-state index in [-0.39, 0.29) is 0 Å². The minimum Gasteiger partial charge on any atom is -0.297 e. The van der Waals surface area contributed by atoms with E-state index in [0.29, 0.717) is 0 Å². The number of hydrogen-bond donors (Lipinski definition) is 0. The van der Waals surface area contributed by atoms with E-state index in [2.05, 4.69) is 55.8 Å². The van der Waals surface area contributed by atoms with Crippen LogP contribution in [0, 0.1) is 6.92 Å². The zero-order valence-corrected chi connectivity index (χ0v) is 12.3. The van der Waals surface area contributed by atoms with Gasteiger partial charge in [-0.05, 0) is 19.1 Å². The van der Waals surface area contributed by atoms with Crippen molar-refractivity contribution in [2.45, 2.75) is 13.5 Å². The molecule has 0 aliphatic heterocycles. The predicted octanol–water partition coefficient (Wildman–Crippen LogP) is 3.65. The molecule has 0 aliphatic rings. The smallest absolute Gasteiger partial charge is 0.0328 e. The third-order valence-electron chi connectivity index (χ3n) is 1.98. The lowest BCUT2D eigenvalue weighted by Crippen LogP contribution is -2.26. The topological polar surface area (TPSA) is 3.24 Å². The van der Waals surface area contributed by atoms with Gasteiger partial charge in [0.2, 0.25) is 0 Å². The highest BCUT2D eigenvalue weighted by Gasteiger charge is 2.05. The third kappa shape index (κ3) is 4.43. The Bertz CT molecular complexity index is 256. The Balaban J connectivity index is 2.46. The van der Waals surface area contributed by atoms with Gasteiger partial charge < -0.3 is 0 Å². The van der Waals surface area contributed by atoms with Gasteiger partial charge in [0, 0.05) is 40.0 Å². The van der Waals surface area contributed by atoms with Gasteiger partial charge in [-0.3, -0.25) is 4.90 Å². The van der Waals surface area contributed by atoms with Crippen molar-refractivity contribution < 1.29 is 0 Å². The zero-order chi connectivity index (χ0) is 10.4. The molecule has 0 unspecified atom stereocenters. The number of alkyl halides is 2. The predicted molar refractivity (Wildman–Crippen MR) is 71.9 cm³/mol.